The molecule has 2 nitrogen and oxygen atoms in total. The minimum absolute atomic E-state index is 0.745. The molecule has 7 aromatic carbocycles. The zero-order valence-corrected chi connectivity index (χ0v) is 22.8. The summed E-state index contributed by atoms with van der Waals surface area (Å²) >= 11 is 1.89. The van der Waals surface area contributed by atoms with Crippen molar-refractivity contribution in [3.8, 4) is 22.6 Å². The van der Waals surface area contributed by atoms with Crippen molar-refractivity contribution in [3.05, 3.63) is 133 Å². The summed E-state index contributed by atoms with van der Waals surface area (Å²) in [6.45, 7) is 0. The number of nitrogens with zero attached hydrogens (tertiary/aromatic N) is 2. The van der Waals surface area contributed by atoms with E-state index in [1.54, 1.807) is 0 Å². The van der Waals surface area contributed by atoms with Gasteiger partial charge in [0.05, 0.1) is 11.2 Å². The molecule has 0 saturated carbocycles. The number of thiophene rings is 1. The van der Waals surface area contributed by atoms with E-state index < -0.39 is 0 Å². The third-order valence-corrected chi connectivity index (χ3v) is 9.46. The summed E-state index contributed by atoms with van der Waals surface area (Å²) in [6.07, 6.45) is 0. The summed E-state index contributed by atoms with van der Waals surface area (Å²) in [5.41, 5.74) is 4.03. The van der Waals surface area contributed by atoms with Crippen LogP contribution in [0.25, 0.3) is 86.0 Å². The summed E-state index contributed by atoms with van der Waals surface area (Å²) < 4.78 is 2.69. The van der Waals surface area contributed by atoms with Gasteiger partial charge in [-0.2, -0.15) is 0 Å². The molecule has 190 valence electrons. The molecule has 0 fully saturated rings. The molecule has 0 spiro atoms. The van der Waals surface area contributed by atoms with E-state index in [0.717, 1.165) is 33.5 Å². The van der Waals surface area contributed by atoms with Crippen LogP contribution in [0.4, 0.5) is 0 Å². The highest BCUT2D eigenvalue weighted by molar-refractivity contribution is 7.26. The highest BCUT2D eigenvalue weighted by Gasteiger charge is 2.14. The predicted octanol–water partition coefficient (Wildman–Crippen LogP) is 10.8. The smallest absolute Gasteiger partial charge is 0.160 e. The van der Waals surface area contributed by atoms with Gasteiger partial charge in [-0.05, 0) is 45.1 Å². The molecule has 0 bridgehead atoms. The number of aromatic nitrogens is 2. The van der Waals surface area contributed by atoms with Crippen molar-refractivity contribution in [2.45, 2.75) is 0 Å². The minimum Gasteiger partial charge on any atom is -0.228 e. The van der Waals surface area contributed by atoms with E-state index in [4.69, 9.17) is 9.97 Å². The molecule has 2 aromatic heterocycles. The first-order valence-electron chi connectivity index (χ1n) is 13.8. The Bertz CT molecular complexity index is 2470. The van der Waals surface area contributed by atoms with Gasteiger partial charge >= 0.3 is 0 Å². The quantitative estimate of drug-likeness (QED) is 0.205. The summed E-state index contributed by atoms with van der Waals surface area (Å²) in [5, 5.41) is 11.4. The van der Waals surface area contributed by atoms with Crippen molar-refractivity contribution in [1.82, 2.24) is 9.97 Å². The lowest BCUT2D eigenvalue weighted by Gasteiger charge is -2.12. The van der Waals surface area contributed by atoms with Crippen LogP contribution < -0.4 is 0 Å². The van der Waals surface area contributed by atoms with Crippen molar-refractivity contribution in [1.29, 1.82) is 0 Å². The van der Waals surface area contributed by atoms with Crippen LogP contribution in [0.1, 0.15) is 0 Å². The number of benzene rings is 7. The van der Waals surface area contributed by atoms with Gasteiger partial charge < -0.3 is 0 Å². The van der Waals surface area contributed by atoms with Crippen molar-refractivity contribution >= 4 is 74.7 Å². The molecule has 0 atom stereocenters. The van der Waals surface area contributed by atoms with Crippen molar-refractivity contribution < 1.29 is 0 Å². The van der Waals surface area contributed by atoms with E-state index in [1.807, 2.05) is 23.5 Å². The third kappa shape index (κ3) is 3.43. The molecule has 0 aliphatic rings. The summed E-state index contributed by atoms with van der Waals surface area (Å²) in [6, 6.07) is 47.7. The second-order valence-corrected chi connectivity index (χ2v) is 11.6. The van der Waals surface area contributed by atoms with Gasteiger partial charge in [-0.15, -0.1) is 11.3 Å². The molecule has 0 amide bonds. The lowest BCUT2D eigenvalue weighted by atomic mass is 9.94. The van der Waals surface area contributed by atoms with E-state index in [0.29, 0.717) is 0 Å². The Morgan fingerprint density at radius 1 is 0.439 bits per heavy atom. The maximum Gasteiger partial charge on any atom is 0.160 e. The van der Waals surface area contributed by atoms with Crippen LogP contribution in [0.15, 0.2) is 133 Å². The van der Waals surface area contributed by atoms with Crippen molar-refractivity contribution in [3.63, 3.8) is 0 Å². The van der Waals surface area contributed by atoms with E-state index in [1.165, 1.54) is 52.5 Å². The first kappa shape index (κ1) is 22.7. The molecule has 0 aliphatic heterocycles. The molecule has 0 N–H and O–H groups in total. The summed E-state index contributed by atoms with van der Waals surface area (Å²) in [7, 11) is 0. The Kier molecular flexibility index (Phi) is 4.80. The molecule has 41 heavy (non-hydrogen) atoms. The summed E-state index contributed by atoms with van der Waals surface area (Å²) in [4.78, 5) is 10.1. The highest BCUT2D eigenvalue weighted by Crippen LogP contribution is 2.42. The Hall–Kier alpha value is -5.12. The first-order valence-corrected chi connectivity index (χ1v) is 14.7. The lowest BCUT2D eigenvalue weighted by Crippen LogP contribution is -1.95. The van der Waals surface area contributed by atoms with Crippen LogP contribution in [-0.4, -0.2) is 9.97 Å². The number of fused-ring (bicyclic) bond motifs is 10. The van der Waals surface area contributed by atoms with Gasteiger partial charge in [-0.25, -0.2) is 9.97 Å². The van der Waals surface area contributed by atoms with Crippen LogP contribution in [0.2, 0.25) is 0 Å². The molecule has 0 unspecified atom stereocenters. The number of hydrogen-bond acceptors (Lipinski definition) is 3. The highest BCUT2D eigenvalue weighted by atomic mass is 32.1. The molecule has 2 heterocycles. The van der Waals surface area contributed by atoms with Crippen LogP contribution in [0.5, 0.6) is 0 Å². The van der Waals surface area contributed by atoms with Crippen molar-refractivity contribution in [2.75, 3.05) is 0 Å². The van der Waals surface area contributed by atoms with Gasteiger partial charge in [-0.1, -0.05) is 115 Å². The van der Waals surface area contributed by atoms with Crippen LogP contribution in [-0.2, 0) is 0 Å². The molecule has 9 aromatic rings. The molecule has 3 heteroatoms. The van der Waals surface area contributed by atoms with Gasteiger partial charge in [0.1, 0.15) is 0 Å². The third-order valence-electron chi connectivity index (χ3n) is 8.24. The average Bonchev–Trinajstić information content (AvgIpc) is 3.43. The molecule has 0 radical (unpaired) electrons. The molecular formula is C38H22N2S. The Morgan fingerprint density at radius 2 is 1.12 bits per heavy atom. The fourth-order valence-electron chi connectivity index (χ4n) is 6.31. The lowest BCUT2D eigenvalue weighted by molar-refractivity contribution is 1.23. The Morgan fingerprint density at radius 3 is 2.05 bits per heavy atom. The predicted molar refractivity (Wildman–Crippen MR) is 176 cm³/mol. The zero-order chi connectivity index (χ0) is 26.9. The second kappa shape index (κ2) is 8.69. The van der Waals surface area contributed by atoms with E-state index >= 15 is 0 Å². The van der Waals surface area contributed by atoms with Gasteiger partial charge in [0, 0.05) is 42.1 Å². The topological polar surface area (TPSA) is 25.8 Å². The van der Waals surface area contributed by atoms with Crippen LogP contribution in [0, 0.1) is 0 Å². The zero-order valence-electron chi connectivity index (χ0n) is 22.0. The average molecular weight is 539 g/mol. The fraction of sp³-hybridized carbons (Fsp3) is 0. The number of rotatable bonds is 2. The normalized spacial score (nSPS) is 11.9. The van der Waals surface area contributed by atoms with Gasteiger partial charge in [0.25, 0.3) is 0 Å². The Balaban J connectivity index is 1.28. The van der Waals surface area contributed by atoms with Gasteiger partial charge in [0.2, 0.25) is 0 Å². The van der Waals surface area contributed by atoms with Crippen LogP contribution >= 0.6 is 11.3 Å². The first-order chi connectivity index (χ1) is 20.3. The van der Waals surface area contributed by atoms with E-state index in [2.05, 4.69) is 121 Å². The second-order valence-electron chi connectivity index (χ2n) is 10.6. The molecular weight excluding hydrogens is 516 g/mol. The molecule has 0 aliphatic carbocycles. The van der Waals surface area contributed by atoms with Gasteiger partial charge in [-0.3, -0.25) is 0 Å². The molecule has 9 rings (SSSR count). The number of para-hydroxylation sites is 1. The van der Waals surface area contributed by atoms with E-state index in [-0.39, 0.29) is 0 Å². The minimum atomic E-state index is 0.745. The monoisotopic (exact) mass is 538 g/mol. The standard InChI is InChI=1S/C38H22N2S/c1-2-8-24(9-3-1)36-32-11-4-6-12-33(32)39-38(40-36)26-17-18-27-25(22-26)15-14-23-16-19-31-29(35(23)27)20-21-30-28-10-5-7-13-34(28)41-37(30)31/h1-22H. The number of hydrogen-bond donors (Lipinski definition) is 0. The Labute approximate surface area is 240 Å². The summed E-state index contributed by atoms with van der Waals surface area (Å²) in [5.74, 6) is 0.745. The van der Waals surface area contributed by atoms with Crippen LogP contribution in [0.3, 0.4) is 0 Å². The van der Waals surface area contributed by atoms with E-state index in [9.17, 15) is 0 Å². The largest absolute Gasteiger partial charge is 0.228 e. The van der Waals surface area contributed by atoms with Crippen molar-refractivity contribution in [2.24, 2.45) is 0 Å². The van der Waals surface area contributed by atoms with Gasteiger partial charge in [0.15, 0.2) is 5.82 Å². The maximum absolute atomic E-state index is 5.11. The SMILES string of the molecule is c1ccc(-c2nc(-c3ccc4c(ccc5ccc6c(ccc7c8ccccc8sc76)c54)c3)nc3ccccc23)cc1. The maximum atomic E-state index is 5.11. The fourth-order valence-corrected chi connectivity index (χ4v) is 7.54. The molecule has 0 saturated heterocycles.